The van der Waals surface area contributed by atoms with Gasteiger partial charge in [-0.25, -0.2) is 13.1 Å². The van der Waals surface area contributed by atoms with Gasteiger partial charge in [0.15, 0.2) is 0 Å². The molecule has 2 rings (SSSR count). The van der Waals surface area contributed by atoms with E-state index in [1.54, 1.807) is 12.0 Å². The fourth-order valence-corrected chi connectivity index (χ4v) is 4.26. The minimum absolute atomic E-state index is 0.0466. The van der Waals surface area contributed by atoms with Crippen LogP contribution in [0.1, 0.15) is 30.4 Å². The number of sulfonamides is 1. The van der Waals surface area contributed by atoms with E-state index in [-0.39, 0.29) is 18.0 Å². The molecular weight excluding hydrogens is 340 g/mol. The predicted octanol–water partition coefficient (Wildman–Crippen LogP) is 1.48. The molecule has 0 saturated carbocycles. The predicted molar refractivity (Wildman–Crippen MR) is 97.9 cm³/mol. The Hall–Kier alpha value is -1.44. The number of hydrogen-bond acceptors (Lipinski definition) is 4. The molecule has 1 saturated heterocycles. The van der Waals surface area contributed by atoms with E-state index < -0.39 is 10.0 Å². The van der Waals surface area contributed by atoms with E-state index >= 15 is 0 Å². The van der Waals surface area contributed by atoms with Crippen molar-refractivity contribution in [3.05, 3.63) is 35.4 Å². The van der Waals surface area contributed by atoms with Gasteiger partial charge in [-0.2, -0.15) is 0 Å². The van der Waals surface area contributed by atoms with Crippen molar-refractivity contribution in [2.45, 2.75) is 44.7 Å². The number of nitrogens with one attached hydrogen (secondary N) is 1. The van der Waals surface area contributed by atoms with Crippen molar-refractivity contribution < 1.29 is 17.9 Å². The topological polar surface area (TPSA) is 75.7 Å². The molecule has 6 nitrogen and oxygen atoms in total. The summed E-state index contributed by atoms with van der Waals surface area (Å²) in [6.45, 7) is 3.01. The number of methoxy groups -OCH3 is 1. The molecule has 2 atom stereocenters. The molecule has 0 radical (unpaired) electrons. The molecule has 1 aliphatic rings. The zero-order chi connectivity index (χ0) is 18.4. The van der Waals surface area contributed by atoms with Gasteiger partial charge in [0.05, 0.1) is 18.9 Å². The fourth-order valence-electron chi connectivity index (χ4n) is 3.43. The van der Waals surface area contributed by atoms with E-state index in [0.29, 0.717) is 32.4 Å². The highest BCUT2D eigenvalue weighted by Gasteiger charge is 2.35. The standard InChI is InChI=1S/C18H28N2O4S/c1-14-7-4-5-8-15(14)10-11-18(21)20-12-6-9-16(17(20)13-24-2)19-25(3,22)23/h4-5,7-8,16-17,19H,6,9-13H2,1-3H3/t16-,17-/m0/s1. The first-order chi connectivity index (χ1) is 11.8. The number of hydrogen-bond donors (Lipinski definition) is 1. The Morgan fingerprint density at radius 1 is 1.36 bits per heavy atom. The fraction of sp³-hybridized carbons (Fsp3) is 0.611. The van der Waals surface area contributed by atoms with Crippen LogP contribution in [0.15, 0.2) is 24.3 Å². The van der Waals surface area contributed by atoms with Gasteiger partial charge < -0.3 is 9.64 Å². The SMILES string of the molecule is COC[C@H]1[C@@H](NS(C)(=O)=O)CCCN1C(=O)CCc1ccccc1C. The Balaban J connectivity index is 2.06. The van der Waals surface area contributed by atoms with Crippen LogP contribution in [0.5, 0.6) is 0 Å². The number of amides is 1. The van der Waals surface area contributed by atoms with Gasteiger partial charge in [0.2, 0.25) is 15.9 Å². The molecule has 7 heteroatoms. The number of rotatable bonds is 7. The lowest BCUT2D eigenvalue weighted by molar-refractivity contribution is -0.137. The molecule has 1 amide bonds. The summed E-state index contributed by atoms with van der Waals surface area (Å²) in [4.78, 5) is 14.6. The van der Waals surface area contributed by atoms with Crippen LogP contribution in [0, 0.1) is 6.92 Å². The smallest absolute Gasteiger partial charge is 0.223 e. The van der Waals surface area contributed by atoms with Crippen molar-refractivity contribution in [2.75, 3.05) is 26.5 Å². The maximum Gasteiger partial charge on any atom is 0.223 e. The van der Waals surface area contributed by atoms with Crippen LogP contribution in [0.4, 0.5) is 0 Å². The summed E-state index contributed by atoms with van der Waals surface area (Å²) in [5, 5.41) is 0. The van der Waals surface area contributed by atoms with E-state index in [0.717, 1.165) is 12.7 Å². The average molecular weight is 368 g/mol. The highest BCUT2D eigenvalue weighted by molar-refractivity contribution is 7.88. The number of nitrogens with zero attached hydrogens (tertiary/aromatic N) is 1. The molecule has 1 aromatic carbocycles. The second-order valence-corrected chi connectivity index (χ2v) is 8.46. The molecule has 140 valence electrons. The highest BCUT2D eigenvalue weighted by atomic mass is 32.2. The first-order valence-corrected chi connectivity index (χ1v) is 10.5. The van der Waals surface area contributed by atoms with E-state index in [1.807, 2.05) is 31.2 Å². The van der Waals surface area contributed by atoms with Crippen LogP contribution in [0.2, 0.25) is 0 Å². The van der Waals surface area contributed by atoms with Gasteiger partial charge in [-0.1, -0.05) is 24.3 Å². The largest absolute Gasteiger partial charge is 0.382 e. The number of likely N-dealkylation sites (tertiary alicyclic amines) is 1. The minimum atomic E-state index is -3.33. The summed E-state index contributed by atoms with van der Waals surface area (Å²) in [7, 11) is -1.76. The van der Waals surface area contributed by atoms with Crippen molar-refractivity contribution in [3.63, 3.8) is 0 Å². The Morgan fingerprint density at radius 2 is 2.08 bits per heavy atom. The van der Waals surface area contributed by atoms with Gasteiger partial charge >= 0.3 is 0 Å². The number of benzene rings is 1. The van der Waals surface area contributed by atoms with Crippen molar-refractivity contribution in [1.82, 2.24) is 9.62 Å². The van der Waals surface area contributed by atoms with E-state index in [2.05, 4.69) is 4.72 Å². The molecule has 0 bridgehead atoms. The maximum absolute atomic E-state index is 12.8. The Bertz CT molecular complexity index is 690. The molecule has 0 spiro atoms. The molecule has 0 unspecified atom stereocenters. The quantitative estimate of drug-likeness (QED) is 0.791. The molecule has 1 fully saturated rings. The van der Waals surface area contributed by atoms with Crippen LogP contribution >= 0.6 is 0 Å². The molecule has 1 heterocycles. The summed E-state index contributed by atoms with van der Waals surface area (Å²) in [6, 6.07) is 7.48. The third-order valence-corrected chi connectivity index (χ3v) is 5.40. The van der Waals surface area contributed by atoms with Crippen molar-refractivity contribution in [2.24, 2.45) is 0 Å². The molecule has 0 aliphatic carbocycles. The Kier molecular flexibility index (Phi) is 6.98. The molecule has 1 N–H and O–H groups in total. The van der Waals surface area contributed by atoms with Gasteiger partial charge in [0.25, 0.3) is 0 Å². The maximum atomic E-state index is 12.8. The third-order valence-electron chi connectivity index (χ3n) is 4.67. The zero-order valence-electron chi connectivity index (χ0n) is 15.2. The molecular formula is C18H28N2O4S. The third kappa shape index (κ3) is 5.80. The number of piperidine rings is 1. The second-order valence-electron chi connectivity index (χ2n) is 6.68. The van der Waals surface area contributed by atoms with Gasteiger partial charge in [0.1, 0.15) is 0 Å². The zero-order valence-corrected chi connectivity index (χ0v) is 16.0. The van der Waals surface area contributed by atoms with Gasteiger partial charge in [-0.15, -0.1) is 0 Å². The van der Waals surface area contributed by atoms with E-state index in [9.17, 15) is 13.2 Å². The van der Waals surface area contributed by atoms with Crippen LogP contribution < -0.4 is 4.72 Å². The summed E-state index contributed by atoms with van der Waals surface area (Å²) < 4.78 is 31.2. The lowest BCUT2D eigenvalue weighted by atomic mass is 9.96. The monoisotopic (exact) mass is 368 g/mol. The normalized spacial score (nSPS) is 21.3. The number of carbonyl (C=O) groups is 1. The van der Waals surface area contributed by atoms with Crippen LogP contribution in [0.25, 0.3) is 0 Å². The van der Waals surface area contributed by atoms with Crippen LogP contribution in [-0.2, 0) is 26.0 Å². The number of carbonyl (C=O) groups excluding carboxylic acids is 1. The van der Waals surface area contributed by atoms with Crippen molar-refractivity contribution >= 4 is 15.9 Å². The molecule has 1 aliphatic heterocycles. The van der Waals surface area contributed by atoms with Crippen molar-refractivity contribution in [1.29, 1.82) is 0 Å². The molecule has 1 aromatic rings. The first kappa shape index (κ1) is 19.9. The van der Waals surface area contributed by atoms with Crippen LogP contribution in [-0.4, -0.2) is 57.8 Å². The first-order valence-electron chi connectivity index (χ1n) is 8.62. The summed E-state index contributed by atoms with van der Waals surface area (Å²) >= 11 is 0. The number of ether oxygens (including phenoxy) is 1. The van der Waals surface area contributed by atoms with Gasteiger partial charge in [0, 0.05) is 26.1 Å². The number of aryl methyl sites for hydroxylation is 2. The summed E-state index contributed by atoms with van der Waals surface area (Å²) in [5.74, 6) is 0.0466. The van der Waals surface area contributed by atoms with Crippen LogP contribution in [0.3, 0.4) is 0 Å². The van der Waals surface area contributed by atoms with Crippen molar-refractivity contribution in [3.8, 4) is 0 Å². The average Bonchev–Trinajstić information content (AvgIpc) is 2.54. The summed E-state index contributed by atoms with van der Waals surface area (Å²) in [6.07, 6.45) is 3.74. The molecule has 25 heavy (non-hydrogen) atoms. The van der Waals surface area contributed by atoms with Gasteiger partial charge in [-0.05, 0) is 37.3 Å². The van der Waals surface area contributed by atoms with E-state index in [4.69, 9.17) is 4.74 Å². The minimum Gasteiger partial charge on any atom is -0.382 e. The lowest BCUT2D eigenvalue weighted by Gasteiger charge is -2.41. The Morgan fingerprint density at radius 3 is 2.72 bits per heavy atom. The Labute approximate surface area is 150 Å². The van der Waals surface area contributed by atoms with E-state index in [1.165, 1.54) is 11.1 Å². The lowest BCUT2D eigenvalue weighted by Crippen LogP contribution is -2.58. The van der Waals surface area contributed by atoms with Gasteiger partial charge in [-0.3, -0.25) is 4.79 Å². The highest BCUT2D eigenvalue weighted by Crippen LogP contribution is 2.21. The molecule has 0 aromatic heterocycles. The second kappa shape index (κ2) is 8.78. The summed E-state index contributed by atoms with van der Waals surface area (Å²) in [5.41, 5.74) is 2.35.